The number of para-hydroxylation sites is 1. The number of anilines is 1. The summed E-state index contributed by atoms with van der Waals surface area (Å²) in [5.41, 5.74) is 3.09. The fourth-order valence-electron chi connectivity index (χ4n) is 2.82. The molecule has 0 saturated carbocycles. The molecule has 1 unspecified atom stereocenters. The molecule has 0 saturated heterocycles. The molecule has 0 heterocycles. The number of carbonyl (C=O) groups is 2. The van der Waals surface area contributed by atoms with E-state index >= 15 is 0 Å². The molecule has 0 aliphatic carbocycles. The Morgan fingerprint density at radius 2 is 1.46 bits per heavy atom. The van der Waals surface area contributed by atoms with Gasteiger partial charge in [-0.15, -0.1) is 0 Å². The van der Waals surface area contributed by atoms with E-state index < -0.39 is 6.04 Å². The highest BCUT2D eigenvalue weighted by atomic mass is 32.2. The van der Waals surface area contributed by atoms with Crippen LogP contribution in [0.25, 0.3) is 0 Å². The van der Waals surface area contributed by atoms with Gasteiger partial charge < -0.3 is 10.6 Å². The van der Waals surface area contributed by atoms with E-state index in [4.69, 9.17) is 0 Å². The average Bonchev–Trinajstić information content (AvgIpc) is 2.74. The van der Waals surface area contributed by atoms with Crippen molar-refractivity contribution in [3.63, 3.8) is 0 Å². The summed E-state index contributed by atoms with van der Waals surface area (Å²) in [6.07, 6.45) is 2.04. The predicted octanol–water partition coefficient (Wildman–Crippen LogP) is 4.66. The largest absolute Gasteiger partial charge is 0.336 e. The van der Waals surface area contributed by atoms with Crippen LogP contribution in [0.2, 0.25) is 0 Å². The second-order valence-electron chi connectivity index (χ2n) is 6.30. The molecule has 5 heteroatoms. The molecule has 28 heavy (non-hydrogen) atoms. The predicted molar refractivity (Wildman–Crippen MR) is 115 cm³/mol. The summed E-state index contributed by atoms with van der Waals surface area (Å²) in [5.74, 6) is 0.325. The minimum atomic E-state index is -0.792. The maximum atomic E-state index is 12.9. The van der Waals surface area contributed by atoms with Crippen LogP contribution >= 0.6 is 11.8 Å². The van der Waals surface area contributed by atoms with Crippen LogP contribution in [0.1, 0.15) is 27.5 Å². The van der Waals surface area contributed by atoms with Crippen LogP contribution in [0.5, 0.6) is 0 Å². The molecule has 1 atom stereocenters. The lowest BCUT2D eigenvalue weighted by atomic mass is 10.0. The van der Waals surface area contributed by atoms with Crippen LogP contribution < -0.4 is 10.6 Å². The van der Waals surface area contributed by atoms with E-state index in [1.165, 1.54) is 0 Å². The molecule has 142 valence electrons. The summed E-state index contributed by atoms with van der Waals surface area (Å²) < 4.78 is 0. The molecule has 3 aromatic carbocycles. The SMILES string of the molecule is CSCc1ccc(C(=O)NC(C(=O)Nc2ccccc2)c2ccccc2)cc1. The fourth-order valence-corrected chi connectivity index (χ4v) is 3.34. The molecular weight excluding hydrogens is 368 g/mol. The Labute approximate surface area is 169 Å². The Bertz CT molecular complexity index is 912. The van der Waals surface area contributed by atoms with Crippen molar-refractivity contribution in [1.29, 1.82) is 0 Å². The molecule has 2 N–H and O–H groups in total. The van der Waals surface area contributed by atoms with Gasteiger partial charge in [-0.2, -0.15) is 11.8 Å². The van der Waals surface area contributed by atoms with E-state index in [2.05, 4.69) is 10.6 Å². The summed E-state index contributed by atoms with van der Waals surface area (Å²) >= 11 is 1.73. The molecule has 3 rings (SSSR count). The summed E-state index contributed by atoms with van der Waals surface area (Å²) in [6.45, 7) is 0. The molecular formula is C23H22N2O2S. The van der Waals surface area contributed by atoms with Crippen molar-refractivity contribution in [3.8, 4) is 0 Å². The number of benzene rings is 3. The van der Waals surface area contributed by atoms with Crippen LogP contribution in [0.3, 0.4) is 0 Å². The van der Waals surface area contributed by atoms with E-state index in [9.17, 15) is 9.59 Å². The highest BCUT2D eigenvalue weighted by Crippen LogP contribution is 2.18. The number of hydrogen-bond acceptors (Lipinski definition) is 3. The quantitative estimate of drug-likeness (QED) is 0.617. The minimum Gasteiger partial charge on any atom is -0.336 e. The van der Waals surface area contributed by atoms with Gasteiger partial charge in [-0.3, -0.25) is 9.59 Å². The van der Waals surface area contributed by atoms with Gasteiger partial charge in [0, 0.05) is 17.0 Å². The Kier molecular flexibility index (Phi) is 6.87. The molecule has 0 aliphatic heterocycles. The van der Waals surface area contributed by atoms with Gasteiger partial charge in [-0.05, 0) is 41.6 Å². The Morgan fingerprint density at radius 1 is 0.857 bits per heavy atom. The zero-order chi connectivity index (χ0) is 19.8. The van der Waals surface area contributed by atoms with E-state index in [0.29, 0.717) is 11.3 Å². The van der Waals surface area contributed by atoms with Gasteiger partial charge >= 0.3 is 0 Å². The van der Waals surface area contributed by atoms with E-state index in [-0.39, 0.29) is 11.8 Å². The van der Waals surface area contributed by atoms with Gasteiger partial charge in [-0.1, -0.05) is 60.7 Å². The summed E-state index contributed by atoms with van der Waals surface area (Å²) in [6, 6.07) is 25.1. The molecule has 3 aromatic rings. The second-order valence-corrected chi connectivity index (χ2v) is 7.17. The molecule has 0 radical (unpaired) electrons. The molecule has 4 nitrogen and oxygen atoms in total. The average molecular weight is 391 g/mol. The number of carbonyl (C=O) groups excluding carboxylic acids is 2. The van der Waals surface area contributed by atoms with Gasteiger partial charge in [0.1, 0.15) is 6.04 Å². The number of hydrogen-bond donors (Lipinski definition) is 2. The summed E-state index contributed by atoms with van der Waals surface area (Å²) in [5, 5.41) is 5.73. The number of thioether (sulfide) groups is 1. The van der Waals surface area contributed by atoms with Gasteiger partial charge in [0.25, 0.3) is 11.8 Å². The summed E-state index contributed by atoms with van der Waals surface area (Å²) in [7, 11) is 0. The van der Waals surface area contributed by atoms with Gasteiger partial charge in [-0.25, -0.2) is 0 Å². The Morgan fingerprint density at radius 3 is 2.07 bits per heavy atom. The molecule has 0 fully saturated rings. The molecule has 0 bridgehead atoms. The van der Waals surface area contributed by atoms with Crippen molar-refractivity contribution in [1.82, 2.24) is 5.32 Å². The van der Waals surface area contributed by atoms with E-state index in [0.717, 1.165) is 16.9 Å². The first-order valence-electron chi connectivity index (χ1n) is 8.97. The van der Waals surface area contributed by atoms with Crippen molar-refractivity contribution < 1.29 is 9.59 Å². The first-order valence-corrected chi connectivity index (χ1v) is 10.4. The highest BCUT2D eigenvalue weighted by Gasteiger charge is 2.23. The maximum absolute atomic E-state index is 12.9. The lowest BCUT2D eigenvalue weighted by molar-refractivity contribution is -0.118. The topological polar surface area (TPSA) is 58.2 Å². The van der Waals surface area contributed by atoms with E-state index in [1.54, 1.807) is 23.9 Å². The zero-order valence-corrected chi connectivity index (χ0v) is 16.4. The smallest absolute Gasteiger partial charge is 0.252 e. The van der Waals surface area contributed by atoms with Crippen LogP contribution in [0, 0.1) is 0 Å². The van der Waals surface area contributed by atoms with Gasteiger partial charge in [0.05, 0.1) is 0 Å². The Balaban J connectivity index is 1.79. The second kappa shape index (κ2) is 9.76. The Hall–Kier alpha value is -3.05. The first kappa shape index (κ1) is 19.7. The molecule has 2 amide bonds. The molecule has 0 aliphatic rings. The van der Waals surface area contributed by atoms with Crippen molar-refractivity contribution in [2.24, 2.45) is 0 Å². The lowest BCUT2D eigenvalue weighted by Gasteiger charge is -2.19. The number of nitrogens with one attached hydrogen (secondary N) is 2. The monoisotopic (exact) mass is 390 g/mol. The van der Waals surface area contributed by atoms with Gasteiger partial charge in [0.15, 0.2) is 0 Å². The lowest BCUT2D eigenvalue weighted by Crippen LogP contribution is -2.37. The summed E-state index contributed by atoms with van der Waals surface area (Å²) in [4.78, 5) is 25.6. The van der Waals surface area contributed by atoms with Crippen LogP contribution in [-0.2, 0) is 10.5 Å². The van der Waals surface area contributed by atoms with Gasteiger partial charge in [0.2, 0.25) is 0 Å². The molecule has 0 spiro atoms. The molecule has 0 aromatic heterocycles. The zero-order valence-electron chi connectivity index (χ0n) is 15.6. The fraction of sp³-hybridized carbons (Fsp3) is 0.130. The standard InChI is InChI=1S/C23H22N2O2S/c1-28-16-17-12-14-19(15-13-17)22(26)25-21(18-8-4-2-5-9-18)23(27)24-20-10-6-3-7-11-20/h2-15,21H,16H2,1H3,(H,24,27)(H,25,26). The first-order chi connectivity index (χ1) is 13.7. The van der Waals surface area contributed by atoms with Crippen molar-refractivity contribution in [2.45, 2.75) is 11.8 Å². The number of amides is 2. The van der Waals surface area contributed by atoms with Crippen molar-refractivity contribution in [3.05, 3.63) is 102 Å². The van der Waals surface area contributed by atoms with Crippen LogP contribution in [-0.4, -0.2) is 18.1 Å². The van der Waals surface area contributed by atoms with Crippen LogP contribution in [0.4, 0.5) is 5.69 Å². The maximum Gasteiger partial charge on any atom is 0.252 e. The normalized spacial score (nSPS) is 11.5. The van der Waals surface area contributed by atoms with Crippen molar-refractivity contribution >= 4 is 29.3 Å². The third-order valence-corrected chi connectivity index (χ3v) is 4.86. The number of rotatable bonds is 7. The van der Waals surface area contributed by atoms with Crippen LogP contribution in [0.15, 0.2) is 84.9 Å². The third-order valence-electron chi connectivity index (χ3n) is 4.24. The van der Waals surface area contributed by atoms with Crippen molar-refractivity contribution in [2.75, 3.05) is 11.6 Å². The van der Waals surface area contributed by atoms with E-state index in [1.807, 2.05) is 79.1 Å². The third kappa shape index (κ3) is 5.24. The highest BCUT2D eigenvalue weighted by molar-refractivity contribution is 7.97. The minimum absolute atomic E-state index is 0.284.